The number of sulfonamides is 1. The molecule has 0 bridgehead atoms. The van der Waals surface area contributed by atoms with Gasteiger partial charge in [0, 0.05) is 6.20 Å². The molecule has 8 heteroatoms. The molecular formula is C14H12BrN3O2S2. The third-order valence-electron chi connectivity index (χ3n) is 2.89. The van der Waals surface area contributed by atoms with Gasteiger partial charge in [0.1, 0.15) is 4.21 Å². The quantitative estimate of drug-likeness (QED) is 0.715. The van der Waals surface area contributed by atoms with Gasteiger partial charge in [-0.25, -0.2) is 8.42 Å². The van der Waals surface area contributed by atoms with Crippen molar-refractivity contribution in [2.45, 2.75) is 10.8 Å². The summed E-state index contributed by atoms with van der Waals surface area (Å²) in [5.74, 6) is 0. The second-order valence-electron chi connectivity index (χ2n) is 4.58. The molecule has 0 amide bonds. The molecule has 114 valence electrons. The Kier molecular flexibility index (Phi) is 4.32. The minimum atomic E-state index is -3.57. The van der Waals surface area contributed by atoms with Crippen molar-refractivity contribution in [1.29, 1.82) is 0 Å². The lowest BCUT2D eigenvalue weighted by atomic mass is 10.2. The van der Waals surface area contributed by atoms with Crippen molar-refractivity contribution >= 4 is 43.0 Å². The largest absolute Gasteiger partial charge is 0.276 e. The third kappa shape index (κ3) is 3.57. The monoisotopic (exact) mass is 397 g/mol. The molecule has 22 heavy (non-hydrogen) atoms. The number of benzene rings is 1. The highest BCUT2D eigenvalue weighted by Gasteiger charge is 2.17. The van der Waals surface area contributed by atoms with Gasteiger partial charge in [0.05, 0.1) is 22.2 Å². The van der Waals surface area contributed by atoms with E-state index in [9.17, 15) is 8.42 Å². The summed E-state index contributed by atoms with van der Waals surface area (Å²) in [5, 5.41) is 4.18. The lowest BCUT2D eigenvalue weighted by Crippen LogP contribution is -2.10. The van der Waals surface area contributed by atoms with Crippen LogP contribution in [0.25, 0.3) is 0 Å². The summed E-state index contributed by atoms with van der Waals surface area (Å²) in [6.45, 7) is 0.590. The fraction of sp³-hybridized carbons (Fsp3) is 0.0714. The Labute approximate surface area is 140 Å². The predicted molar refractivity (Wildman–Crippen MR) is 90.6 cm³/mol. The standard InChI is InChI=1S/C14H12BrN3O2S2/c15-13-6-7-14(21-13)22(19,20)17-12-8-16-18(10-12)9-11-4-2-1-3-5-11/h1-8,10,17H,9H2. The topological polar surface area (TPSA) is 64.0 Å². The maximum atomic E-state index is 12.2. The van der Waals surface area contributed by atoms with Crippen molar-refractivity contribution in [3.8, 4) is 0 Å². The summed E-state index contributed by atoms with van der Waals surface area (Å²) < 4.78 is 29.7. The van der Waals surface area contributed by atoms with Crippen LogP contribution >= 0.6 is 27.3 Å². The summed E-state index contributed by atoms with van der Waals surface area (Å²) in [7, 11) is -3.57. The summed E-state index contributed by atoms with van der Waals surface area (Å²) in [4.78, 5) is 0. The first-order valence-electron chi connectivity index (χ1n) is 6.37. The van der Waals surface area contributed by atoms with E-state index in [1.165, 1.54) is 6.20 Å². The average Bonchev–Trinajstić information content (AvgIpc) is 3.09. The molecule has 0 radical (unpaired) electrons. The van der Waals surface area contributed by atoms with Crippen LogP contribution in [0.4, 0.5) is 5.69 Å². The van der Waals surface area contributed by atoms with E-state index in [0.717, 1.165) is 20.7 Å². The Bertz CT molecular complexity index is 872. The number of halogens is 1. The van der Waals surface area contributed by atoms with Crippen molar-refractivity contribution in [3.05, 3.63) is 64.2 Å². The first-order chi connectivity index (χ1) is 10.5. The van der Waals surface area contributed by atoms with Crippen LogP contribution < -0.4 is 4.72 Å². The molecule has 0 saturated carbocycles. The summed E-state index contributed by atoms with van der Waals surface area (Å²) in [5.41, 5.74) is 1.54. The van der Waals surface area contributed by atoms with Gasteiger partial charge in [0.2, 0.25) is 0 Å². The highest BCUT2D eigenvalue weighted by molar-refractivity contribution is 9.11. The van der Waals surface area contributed by atoms with Gasteiger partial charge in [-0.1, -0.05) is 30.3 Å². The number of anilines is 1. The molecule has 3 aromatic rings. The molecule has 0 aliphatic heterocycles. The first-order valence-corrected chi connectivity index (χ1v) is 9.47. The molecule has 5 nitrogen and oxygen atoms in total. The fourth-order valence-electron chi connectivity index (χ4n) is 1.92. The minimum absolute atomic E-state index is 0.259. The molecule has 0 fully saturated rings. The molecule has 1 N–H and O–H groups in total. The van der Waals surface area contributed by atoms with Gasteiger partial charge in [0.25, 0.3) is 10.0 Å². The Balaban J connectivity index is 1.74. The summed E-state index contributed by atoms with van der Waals surface area (Å²) >= 11 is 4.42. The summed E-state index contributed by atoms with van der Waals surface area (Å²) in [6.07, 6.45) is 3.18. The molecule has 0 atom stereocenters. The zero-order chi connectivity index (χ0) is 15.6. The maximum Gasteiger partial charge on any atom is 0.271 e. The molecule has 2 heterocycles. The Morgan fingerprint density at radius 1 is 1.18 bits per heavy atom. The Morgan fingerprint density at radius 3 is 2.64 bits per heavy atom. The van der Waals surface area contributed by atoms with E-state index < -0.39 is 10.0 Å². The number of hydrogen-bond donors (Lipinski definition) is 1. The van der Waals surface area contributed by atoms with Gasteiger partial charge in [-0.05, 0) is 33.6 Å². The Morgan fingerprint density at radius 2 is 1.95 bits per heavy atom. The Hall–Kier alpha value is -1.64. The number of hydrogen-bond acceptors (Lipinski definition) is 4. The minimum Gasteiger partial charge on any atom is -0.276 e. The van der Waals surface area contributed by atoms with E-state index in [4.69, 9.17) is 0 Å². The van der Waals surface area contributed by atoms with Crippen molar-refractivity contribution in [2.24, 2.45) is 0 Å². The second-order valence-corrected chi connectivity index (χ2v) is 8.95. The fourth-order valence-corrected chi connectivity index (χ4v) is 4.96. The first kappa shape index (κ1) is 15.3. The number of nitrogens with zero attached hydrogens (tertiary/aromatic N) is 2. The average molecular weight is 398 g/mol. The third-order valence-corrected chi connectivity index (χ3v) is 6.38. The molecule has 0 aliphatic rings. The van der Waals surface area contributed by atoms with Crippen LogP contribution in [0.2, 0.25) is 0 Å². The van der Waals surface area contributed by atoms with E-state index in [-0.39, 0.29) is 4.21 Å². The molecule has 0 saturated heterocycles. The molecular weight excluding hydrogens is 386 g/mol. The second kappa shape index (κ2) is 6.23. The van der Waals surface area contributed by atoms with Gasteiger partial charge >= 0.3 is 0 Å². The van der Waals surface area contributed by atoms with Crippen molar-refractivity contribution in [1.82, 2.24) is 9.78 Å². The van der Waals surface area contributed by atoms with E-state index in [1.54, 1.807) is 23.0 Å². The molecule has 1 aromatic carbocycles. The van der Waals surface area contributed by atoms with Crippen LogP contribution in [-0.4, -0.2) is 18.2 Å². The zero-order valence-electron chi connectivity index (χ0n) is 11.3. The van der Waals surface area contributed by atoms with E-state index in [0.29, 0.717) is 12.2 Å². The number of nitrogens with one attached hydrogen (secondary N) is 1. The molecule has 0 aliphatic carbocycles. The van der Waals surface area contributed by atoms with Gasteiger partial charge in [-0.3, -0.25) is 9.40 Å². The van der Waals surface area contributed by atoms with Crippen LogP contribution in [0.15, 0.2) is 62.9 Å². The normalized spacial score (nSPS) is 11.5. The van der Waals surface area contributed by atoms with Gasteiger partial charge < -0.3 is 0 Å². The number of thiophene rings is 1. The number of aromatic nitrogens is 2. The van der Waals surface area contributed by atoms with Crippen LogP contribution in [0, 0.1) is 0 Å². The summed E-state index contributed by atoms with van der Waals surface area (Å²) in [6, 6.07) is 13.1. The van der Waals surface area contributed by atoms with Crippen molar-refractivity contribution < 1.29 is 8.42 Å². The highest BCUT2D eigenvalue weighted by Crippen LogP contribution is 2.27. The van der Waals surface area contributed by atoms with Crippen LogP contribution in [-0.2, 0) is 16.6 Å². The van der Waals surface area contributed by atoms with Crippen molar-refractivity contribution in [2.75, 3.05) is 4.72 Å². The lowest BCUT2D eigenvalue weighted by molar-refractivity contribution is 0.603. The van der Waals surface area contributed by atoms with E-state index in [1.807, 2.05) is 30.3 Å². The lowest BCUT2D eigenvalue weighted by Gasteiger charge is -2.03. The van der Waals surface area contributed by atoms with Crippen LogP contribution in [0.3, 0.4) is 0 Å². The van der Waals surface area contributed by atoms with E-state index in [2.05, 4.69) is 25.8 Å². The van der Waals surface area contributed by atoms with Gasteiger partial charge in [-0.2, -0.15) is 5.10 Å². The SMILES string of the molecule is O=S(=O)(Nc1cnn(Cc2ccccc2)c1)c1ccc(Br)s1. The van der Waals surface area contributed by atoms with E-state index >= 15 is 0 Å². The smallest absolute Gasteiger partial charge is 0.271 e. The molecule has 0 spiro atoms. The highest BCUT2D eigenvalue weighted by atomic mass is 79.9. The number of rotatable bonds is 5. The predicted octanol–water partition coefficient (Wildman–Crippen LogP) is 3.56. The van der Waals surface area contributed by atoms with Gasteiger partial charge in [0.15, 0.2) is 0 Å². The molecule has 2 aromatic heterocycles. The van der Waals surface area contributed by atoms with Crippen LogP contribution in [0.5, 0.6) is 0 Å². The van der Waals surface area contributed by atoms with Crippen LogP contribution in [0.1, 0.15) is 5.56 Å². The zero-order valence-corrected chi connectivity index (χ0v) is 14.5. The molecule has 0 unspecified atom stereocenters. The van der Waals surface area contributed by atoms with Crippen molar-refractivity contribution in [3.63, 3.8) is 0 Å². The molecule has 3 rings (SSSR count). The van der Waals surface area contributed by atoms with Gasteiger partial charge in [-0.15, -0.1) is 11.3 Å². The maximum absolute atomic E-state index is 12.2.